The van der Waals surface area contributed by atoms with Gasteiger partial charge in [0.1, 0.15) is 12.2 Å². The van der Waals surface area contributed by atoms with Crippen molar-refractivity contribution in [1.29, 1.82) is 0 Å². The number of ketones is 1. The zero-order chi connectivity index (χ0) is 19.7. The number of Topliss-reactive ketones (excluding diaryl/α,β-unsaturated/α-hetero) is 1. The fraction of sp³-hybridized carbons (Fsp3) is 0.875. The van der Waals surface area contributed by atoms with Gasteiger partial charge in [0.05, 0.1) is 25.9 Å². The van der Waals surface area contributed by atoms with Gasteiger partial charge in [-0.1, -0.05) is 13.3 Å². The fourth-order valence-corrected chi connectivity index (χ4v) is 2.24. The van der Waals surface area contributed by atoms with Crippen LogP contribution >= 0.6 is 0 Å². The molecule has 0 bridgehead atoms. The van der Waals surface area contributed by atoms with Gasteiger partial charge in [-0.15, -0.1) is 0 Å². The molecule has 4 N–H and O–H groups in total. The lowest BCUT2D eigenvalue weighted by atomic mass is 10.1. The predicted octanol–water partition coefficient (Wildman–Crippen LogP) is -1.88. The van der Waals surface area contributed by atoms with E-state index in [-0.39, 0.29) is 6.61 Å². The third-order valence-electron chi connectivity index (χ3n) is 3.66. The maximum absolute atomic E-state index is 12.0. The Morgan fingerprint density at radius 2 is 1.85 bits per heavy atom. The number of carbonyl (C=O) groups excluding carboxylic acids is 2. The minimum Gasteiger partial charge on any atom is -0.450 e. The molecule has 1 fully saturated rings. The summed E-state index contributed by atoms with van der Waals surface area (Å²) in [6, 6.07) is 0. The second kappa shape index (κ2) is 11.5. The molecule has 0 radical (unpaired) electrons. The third kappa shape index (κ3) is 6.54. The van der Waals surface area contributed by atoms with Gasteiger partial charge < -0.3 is 39.4 Å². The Kier molecular flexibility index (Phi) is 10.2. The van der Waals surface area contributed by atoms with Gasteiger partial charge in [0.15, 0.2) is 18.5 Å². The van der Waals surface area contributed by atoms with E-state index in [1.807, 2.05) is 6.92 Å². The van der Waals surface area contributed by atoms with Crippen molar-refractivity contribution in [3.63, 3.8) is 0 Å². The molecule has 6 atom stereocenters. The first kappa shape index (κ1) is 22.9. The lowest BCUT2D eigenvalue weighted by Gasteiger charge is -2.30. The molecular formula is C16H28O10. The number of carbonyl (C=O) groups is 2. The van der Waals surface area contributed by atoms with E-state index in [1.54, 1.807) is 0 Å². The van der Waals surface area contributed by atoms with Crippen molar-refractivity contribution in [3.05, 3.63) is 0 Å². The van der Waals surface area contributed by atoms with Gasteiger partial charge in [-0.05, 0) is 13.3 Å². The van der Waals surface area contributed by atoms with Crippen LogP contribution in [0.5, 0.6) is 0 Å². The number of hydrogen-bond donors (Lipinski definition) is 4. The fourth-order valence-electron chi connectivity index (χ4n) is 2.24. The van der Waals surface area contributed by atoms with Crippen LogP contribution in [-0.2, 0) is 28.5 Å². The van der Waals surface area contributed by atoms with E-state index in [9.17, 15) is 24.9 Å². The van der Waals surface area contributed by atoms with E-state index in [4.69, 9.17) is 24.1 Å². The Labute approximate surface area is 151 Å². The number of hydrogen-bond acceptors (Lipinski definition) is 10. The Hall–Kier alpha value is -1.14. The van der Waals surface area contributed by atoms with Crippen molar-refractivity contribution in [3.8, 4) is 0 Å². The number of cyclic esters (lactones) is 1. The lowest BCUT2D eigenvalue weighted by Crippen LogP contribution is -2.47. The minimum absolute atomic E-state index is 0.179. The summed E-state index contributed by atoms with van der Waals surface area (Å²) in [4.78, 5) is 23.5. The molecule has 0 aromatic carbocycles. The summed E-state index contributed by atoms with van der Waals surface area (Å²) in [5, 5.41) is 37.8. The van der Waals surface area contributed by atoms with Gasteiger partial charge in [0, 0.05) is 6.61 Å². The molecule has 0 aromatic rings. The Morgan fingerprint density at radius 3 is 2.38 bits per heavy atom. The number of aliphatic hydroxyl groups excluding tert-OH is 4. The van der Waals surface area contributed by atoms with E-state index in [0.717, 1.165) is 12.8 Å². The topological polar surface area (TPSA) is 152 Å². The summed E-state index contributed by atoms with van der Waals surface area (Å²) >= 11 is 0. The molecule has 0 aromatic heterocycles. The van der Waals surface area contributed by atoms with E-state index < -0.39 is 61.8 Å². The normalized spacial score (nSPS) is 25.0. The van der Waals surface area contributed by atoms with Gasteiger partial charge in [-0.2, -0.15) is 0 Å². The summed E-state index contributed by atoms with van der Waals surface area (Å²) in [6.45, 7) is 2.29. The molecule has 10 heteroatoms. The van der Waals surface area contributed by atoms with Crippen molar-refractivity contribution >= 4 is 11.8 Å². The van der Waals surface area contributed by atoms with Crippen LogP contribution < -0.4 is 0 Å². The van der Waals surface area contributed by atoms with E-state index in [2.05, 4.69) is 0 Å². The first-order chi connectivity index (χ1) is 12.3. The van der Waals surface area contributed by atoms with Crippen molar-refractivity contribution < 1.29 is 49.0 Å². The average Bonchev–Trinajstić information content (AvgIpc) is 2.90. The highest BCUT2D eigenvalue weighted by molar-refractivity contribution is 6.37. The van der Waals surface area contributed by atoms with E-state index >= 15 is 0 Å². The molecular weight excluding hydrogens is 352 g/mol. The van der Waals surface area contributed by atoms with Crippen LogP contribution in [0.2, 0.25) is 0 Å². The first-order valence-electron chi connectivity index (χ1n) is 8.56. The summed E-state index contributed by atoms with van der Waals surface area (Å²) < 4.78 is 21.1. The molecule has 1 aliphatic heterocycles. The van der Waals surface area contributed by atoms with E-state index in [0.29, 0.717) is 6.61 Å². The van der Waals surface area contributed by atoms with Crippen LogP contribution in [0.4, 0.5) is 0 Å². The average molecular weight is 380 g/mol. The highest BCUT2D eigenvalue weighted by Crippen LogP contribution is 2.22. The quantitative estimate of drug-likeness (QED) is 0.124. The zero-order valence-corrected chi connectivity index (χ0v) is 14.9. The number of esters is 1. The van der Waals surface area contributed by atoms with Crippen LogP contribution in [0.3, 0.4) is 0 Å². The largest absolute Gasteiger partial charge is 0.450 e. The van der Waals surface area contributed by atoms with Crippen LogP contribution in [0.25, 0.3) is 0 Å². The van der Waals surface area contributed by atoms with Crippen molar-refractivity contribution in [2.24, 2.45) is 0 Å². The van der Waals surface area contributed by atoms with Crippen LogP contribution in [0.15, 0.2) is 0 Å². The summed E-state index contributed by atoms with van der Waals surface area (Å²) in [5.41, 5.74) is 0. The highest BCUT2D eigenvalue weighted by atomic mass is 16.7. The van der Waals surface area contributed by atoms with Crippen molar-refractivity contribution in [2.75, 3.05) is 26.4 Å². The minimum atomic E-state index is -1.53. The summed E-state index contributed by atoms with van der Waals surface area (Å²) in [7, 11) is 0. The molecule has 1 heterocycles. The molecule has 1 aliphatic rings. The number of ether oxygens (including phenoxy) is 4. The molecule has 4 unspecified atom stereocenters. The van der Waals surface area contributed by atoms with Gasteiger partial charge >= 0.3 is 5.97 Å². The Balaban J connectivity index is 2.89. The molecule has 1 rings (SSSR count). The maximum atomic E-state index is 12.0. The van der Waals surface area contributed by atoms with Crippen molar-refractivity contribution in [1.82, 2.24) is 0 Å². The zero-order valence-electron chi connectivity index (χ0n) is 14.9. The van der Waals surface area contributed by atoms with E-state index in [1.165, 1.54) is 6.92 Å². The van der Waals surface area contributed by atoms with Crippen LogP contribution in [-0.4, -0.2) is 95.4 Å². The standard InChI is InChI=1S/C16H28O10/c1-3-4-5-23-11(7-18)16(24-8-9(2)19)26-14-12(21)15(22)25-13(14)10(20)6-17/h9-11,13-14,16-20H,3-8H2,1-2H3/t9?,10-,11?,13+,14?,16?/m0/s1. The molecule has 1 saturated heterocycles. The lowest BCUT2D eigenvalue weighted by molar-refractivity contribution is -0.247. The van der Waals surface area contributed by atoms with Gasteiger partial charge in [0.2, 0.25) is 0 Å². The molecule has 0 saturated carbocycles. The van der Waals surface area contributed by atoms with Gasteiger partial charge in [0.25, 0.3) is 5.78 Å². The second-order valence-corrected chi connectivity index (χ2v) is 6.04. The third-order valence-corrected chi connectivity index (χ3v) is 3.66. The number of unbranched alkanes of at least 4 members (excludes halogenated alkanes) is 1. The molecule has 152 valence electrons. The van der Waals surface area contributed by atoms with Crippen LogP contribution in [0, 0.1) is 0 Å². The molecule has 10 nitrogen and oxygen atoms in total. The Bertz CT molecular complexity index is 441. The predicted molar refractivity (Wildman–Crippen MR) is 86.0 cm³/mol. The van der Waals surface area contributed by atoms with Gasteiger partial charge in [-0.25, -0.2) is 4.79 Å². The molecule has 0 spiro atoms. The van der Waals surface area contributed by atoms with Crippen LogP contribution in [0.1, 0.15) is 26.7 Å². The summed E-state index contributed by atoms with van der Waals surface area (Å²) in [5.74, 6) is -2.24. The Morgan fingerprint density at radius 1 is 1.15 bits per heavy atom. The monoisotopic (exact) mass is 380 g/mol. The first-order valence-corrected chi connectivity index (χ1v) is 8.56. The van der Waals surface area contributed by atoms with Crippen molar-refractivity contribution in [2.45, 2.75) is 63.5 Å². The molecule has 0 aliphatic carbocycles. The SMILES string of the molecule is CCCCOC(CO)C(OCC(C)O)OC1C(=O)C(=O)O[C@@H]1[C@@H](O)CO. The molecule has 0 amide bonds. The molecule has 26 heavy (non-hydrogen) atoms. The second-order valence-electron chi connectivity index (χ2n) is 6.04. The smallest absolute Gasteiger partial charge is 0.378 e. The number of rotatable bonds is 13. The summed E-state index contributed by atoms with van der Waals surface area (Å²) in [6.07, 6.45) is -6.05. The maximum Gasteiger partial charge on any atom is 0.378 e. The van der Waals surface area contributed by atoms with Gasteiger partial charge in [-0.3, -0.25) is 4.79 Å². The highest BCUT2D eigenvalue weighted by Gasteiger charge is 2.49. The number of aliphatic hydroxyl groups is 4.